The van der Waals surface area contributed by atoms with Crippen LogP contribution in [-0.4, -0.2) is 16.3 Å². The molecule has 0 aliphatic carbocycles. The number of rotatable bonds is 3. The Morgan fingerprint density at radius 2 is 1.65 bits per heavy atom. The van der Waals surface area contributed by atoms with Crippen molar-refractivity contribution in [2.45, 2.75) is 11.8 Å². The minimum atomic E-state index is -4.87. The summed E-state index contributed by atoms with van der Waals surface area (Å²) in [4.78, 5) is 2.68. The molecule has 2 nitrogen and oxygen atoms in total. The van der Waals surface area contributed by atoms with Gasteiger partial charge in [-0.25, -0.2) is 0 Å². The van der Waals surface area contributed by atoms with Crippen LogP contribution >= 0.6 is 0 Å². The van der Waals surface area contributed by atoms with Gasteiger partial charge in [0.25, 0.3) is 0 Å². The molecule has 0 spiro atoms. The highest BCUT2D eigenvalue weighted by Gasteiger charge is 2.57. The van der Waals surface area contributed by atoms with E-state index in [0.29, 0.717) is 16.5 Å². The summed E-state index contributed by atoms with van der Waals surface area (Å²) < 4.78 is 41.1. The van der Waals surface area contributed by atoms with E-state index < -0.39 is 11.8 Å². The number of halogens is 3. The molecule has 2 N–H and O–H groups in total. The molecule has 3 rings (SSSR count). The van der Waals surface area contributed by atoms with Crippen molar-refractivity contribution >= 4 is 17.0 Å². The molecule has 0 fully saturated rings. The summed E-state index contributed by atoms with van der Waals surface area (Å²) in [7, 11) is 0. The van der Waals surface area contributed by atoms with Gasteiger partial charge in [0, 0.05) is 5.52 Å². The van der Waals surface area contributed by atoms with Crippen LogP contribution in [0.15, 0.2) is 61.2 Å². The number of para-hydroxylation sites is 1. The molecule has 1 atom stereocenters. The van der Waals surface area contributed by atoms with E-state index >= 15 is 0 Å². The number of alkyl halides is 3. The average Bonchev–Trinajstić information content (AvgIpc) is 2.97. The molecule has 1 heterocycles. The van der Waals surface area contributed by atoms with Crippen LogP contribution in [0.3, 0.4) is 0 Å². The number of aliphatic hydroxyl groups is 1. The Balaban J connectivity index is 2.21. The lowest BCUT2D eigenvalue weighted by Gasteiger charge is -2.30. The Labute approximate surface area is 130 Å². The Hall–Kier alpha value is -2.53. The second kappa shape index (κ2) is 5.28. The van der Waals surface area contributed by atoms with E-state index in [1.54, 1.807) is 24.3 Å². The lowest BCUT2D eigenvalue weighted by Crippen LogP contribution is -2.43. The smallest absolute Gasteiger partial charge is 0.371 e. The lowest BCUT2D eigenvalue weighted by atomic mass is 9.89. The van der Waals surface area contributed by atoms with Crippen LogP contribution in [0.1, 0.15) is 16.8 Å². The van der Waals surface area contributed by atoms with E-state index in [-0.39, 0.29) is 11.3 Å². The largest absolute Gasteiger partial charge is 0.427 e. The van der Waals surface area contributed by atoms with Crippen molar-refractivity contribution in [1.82, 2.24) is 4.98 Å². The average molecular weight is 317 g/mol. The Morgan fingerprint density at radius 1 is 1.00 bits per heavy atom. The maximum absolute atomic E-state index is 13.7. The van der Waals surface area contributed by atoms with Crippen molar-refractivity contribution in [3.05, 3.63) is 78.0 Å². The summed E-state index contributed by atoms with van der Waals surface area (Å²) in [5, 5.41) is 11.2. The zero-order chi connectivity index (χ0) is 16.7. The van der Waals surface area contributed by atoms with Gasteiger partial charge in [0.15, 0.2) is 0 Å². The zero-order valence-electron chi connectivity index (χ0n) is 12.1. The Morgan fingerprint density at radius 3 is 2.22 bits per heavy atom. The zero-order valence-corrected chi connectivity index (χ0v) is 12.1. The van der Waals surface area contributed by atoms with Gasteiger partial charge in [-0.15, -0.1) is 0 Å². The first kappa shape index (κ1) is 15.4. The van der Waals surface area contributed by atoms with Gasteiger partial charge >= 0.3 is 6.18 Å². The van der Waals surface area contributed by atoms with Gasteiger partial charge in [0.05, 0.1) is 5.69 Å². The summed E-state index contributed by atoms with van der Waals surface area (Å²) in [5.74, 6) is 0. The first-order valence-corrected chi connectivity index (χ1v) is 6.96. The number of aromatic amines is 1. The fourth-order valence-electron chi connectivity index (χ4n) is 2.60. The summed E-state index contributed by atoms with van der Waals surface area (Å²) in [6.45, 7) is 3.57. The number of nitrogens with one attached hydrogen (secondary N) is 1. The normalized spacial score (nSPS) is 14.6. The monoisotopic (exact) mass is 317 g/mol. The molecule has 0 saturated heterocycles. The molecule has 118 valence electrons. The van der Waals surface area contributed by atoms with Crippen molar-refractivity contribution in [2.75, 3.05) is 0 Å². The van der Waals surface area contributed by atoms with E-state index in [1.165, 1.54) is 36.4 Å². The van der Waals surface area contributed by atoms with E-state index in [9.17, 15) is 18.3 Å². The fraction of sp³-hybridized carbons (Fsp3) is 0.111. The third-order valence-electron chi connectivity index (χ3n) is 3.89. The van der Waals surface area contributed by atoms with Crippen LogP contribution in [0, 0.1) is 0 Å². The molecule has 0 aliphatic rings. The molecular weight excluding hydrogens is 303 g/mol. The third kappa shape index (κ3) is 2.43. The predicted octanol–water partition coefficient (Wildman–Crippen LogP) is 4.61. The van der Waals surface area contributed by atoms with Gasteiger partial charge in [0.2, 0.25) is 5.60 Å². The highest BCUT2D eigenvalue weighted by molar-refractivity contribution is 5.80. The van der Waals surface area contributed by atoms with E-state index in [0.717, 1.165) is 0 Å². The van der Waals surface area contributed by atoms with Gasteiger partial charge < -0.3 is 10.1 Å². The number of hydrogen-bond acceptors (Lipinski definition) is 1. The van der Waals surface area contributed by atoms with Crippen LogP contribution in [0.4, 0.5) is 13.2 Å². The Bertz CT molecular complexity index is 816. The second-order valence-electron chi connectivity index (χ2n) is 5.30. The highest BCUT2D eigenvalue weighted by Crippen LogP contribution is 2.44. The van der Waals surface area contributed by atoms with Gasteiger partial charge in [-0.1, -0.05) is 55.1 Å². The van der Waals surface area contributed by atoms with Crippen molar-refractivity contribution in [3.8, 4) is 0 Å². The van der Waals surface area contributed by atoms with Crippen LogP contribution in [0.25, 0.3) is 17.0 Å². The summed E-state index contributed by atoms with van der Waals surface area (Å²) in [6.07, 6.45) is -3.34. The maximum Gasteiger partial charge on any atom is 0.427 e. The molecule has 1 aromatic heterocycles. The van der Waals surface area contributed by atoms with Gasteiger partial charge in [-0.3, -0.25) is 0 Å². The van der Waals surface area contributed by atoms with Crippen molar-refractivity contribution in [2.24, 2.45) is 0 Å². The SMILES string of the molecule is C=Cc1ccc(C(O)(c2cc3ccccc3[nH]2)C(F)(F)F)cc1. The lowest BCUT2D eigenvalue weighted by molar-refractivity contribution is -0.249. The molecule has 0 saturated carbocycles. The molecule has 1 unspecified atom stereocenters. The molecule has 0 amide bonds. The summed E-state index contributed by atoms with van der Waals surface area (Å²) >= 11 is 0. The van der Waals surface area contributed by atoms with E-state index in [1.807, 2.05) is 0 Å². The van der Waals surface area contributed by atoms with E-state index in [2.05, 4.69) is 11.6 Å². The van der Waals surface area contributed by atoms with Crippen molar-refractivity contribution in [3.63, 3.8) is 0 Å². The first-order valence-electron chi connectivity index (χ1n) is 6.96. The van der Waals surface area contributed by atoms with Gasteiger partial charge in [-0.2, -0.15) is 13.2 Å². The highest BCUT2D eigenvalue weighted by atomic mass is 19.4. The maximum atomic E-state index is 13.7. The van der Waals surface area contributed by atoms with Gasteiger partial charge in [0.1, 0.15) is 0 Å². The van der Waals surface area contributed by atoms with Crippen LogP contribution < -0.4 is 0 Å². The first-order chi connectivity index (χ1) is 10.9. The molecule has 0 bridgehead atoms. The minimum Gasteiger partial charge on any atom is -0.371 e. The number of fused-ring (bicyclic) bond motifs is 1. The number of benzene rings is 2. The second-order valence-corrected chi connectivity index (χ2v) is 5.30. The van der Waals surface area contributed by atoms with Crippen LogP contribution in [-0.2, 0) is 5.60 Å². The molecular formula is C18H14F3NO. The summed E-state index contributed by atoms with van der Waals surface area (Å²) in [6, 6.07) is 13.6. The standard InChI is InChI=1S/C18H14F3NO/c1-2-12-7-9-14(10-8-12)17(23,18(19,20)21)16-11-13-5-3-4-6-15(13)22-16/h2-11,22-23H,1H2. The molecule has 23 heavy (non-hydrogen) atoms. The number of hydrogen-bond donors (Lipinski definition) is 2. The van der Waals surface area contributed by atoms with Crippen LogP contribution in [0.5, 0.6) is 0 Å². The molecule has 3 aromatic rings. The minimum absolute atomic E-state index is 0.248. The van der Waals surface area contributed by atoms with Gasteiger partial charge in [-0.05, 0) is 28.6 Å². The number of H-pyrrole nitrogens is 1. The number of aromatic nitrogens is 1. The quantitative estimate of drug-likeness (QED) is 0.727. The molecule has 0 aliphatic heterocycles. The predicted molar refractivity (Wildman–Crippen MR) is 83.9 cm³/mol. The van der Waals surface area contributed by atoms with Crippen LogP contribution in [0.2, 0.25) is 0 Å². The summed E-state index contributed by atoms with van der Waals surface area (Å²) in [5.41, 5.74) is -2.45. The third-order valence-corrected chi connectivity index (χ3v) is 3.89. The van der Waals surface area contributed by atoms with Crippen molar-refractivity contribution in [1.29, 1.82) is 0 Å². The molecule has 2 aromatic carbocycles. The molecule has 0 radical (unpaired) electrons. The topological polar surface area (TPSA) is 36.0 Å². The molecule has 5 heteroatoms. The van der Waals surface area contributed by atoms with Crippen molar-refractivity contribution < 1.29 is 18.3 Å². The van der Waals surface area contributed by atoms with E-state index in [4.69, 9.17) is 0 Å². The fourth-order valence-corrected chi connectivity index (χ4v) is 2.60. The Kier molecular flexibility index (Phi) is 3.53.